The van der Waals surface area contributed by atoms with Crippen LogP contribution in [0.3, 0.4) is 0 Å². The van der Waals surface area contributed by atoms with Crippen molar-refractivity contribution in [3.05, 3.63) is 52.2 Å². The van der Waals surface area contributed by atoms with E-state index in [1.165, 1.54) is 18.3 Å². The van der Waals surface area contributed by atoms with E-state index in [1.54, 1.807) is 11.7 Å². The second kappa shape index (κ2) is 5.74. The van der Waals surface area contributed by atoms with Gasteiger partial charge < -0.3 is 5.32 Å². The molecule has 0 amide bonds. The van der Waals surface area contributed by atoms with Crippen LogP contribution in [-0.4, -0.2) is 25.8 Å². The molecule has 1 saturated carbocycles. The number of aromatic amines is 1. The number of aryl methyl sites for hydroxylation is 1. The highest BCUT2D eigenvalue weighted by Crippen LogP contribution is 2.35. The third kappa shape index (κ3) is 2.66. The SMILES string of the molecule is Cn1ncc2c(=O)[nH]c(NC3CCC(c4ccc(F)cc4)C3)nc21. The van der Waals surface area contributed by atoms with Crippen molar-refractivity contribution >= 4 is 17.0 Å². The maximum Gasteiger partial charge on any atom is 0.263 e. The number of aromatic nitrogens is 4. The first kappa shape index (κ1) is 14.9. The van der Waals surface area contributed by atoms with Gasteiger partial charge >= 0.3 is 0 Å². The molecule has 1 aliphatic rings. The monoisotopic (exact) mass is 327 g/mol. The highest BCUT2D eigenvalue weighted by Gasteiger charge is 2.26. The third-order valence-electron chi connectivity index (χ3n) is 4.72. The molecule has 0 radical (unpaired) electrons. The predicted octanol–water partition coefficient (Wildman–Crippen LogP) is 2.54. The summed E-state index contributed by atoms with van der Waals surface area (Å²) in [7, 11) is 1.76. The number of hydrogen-bond donors (Lipinski definition) is 2. The quantitative estimate of drug-likeness (QED) is 0.775. The van der Waals surface area contributed by atoms with Gasteiger partial charge in [-0.15, -0.1) is 0 Å². The van der Waals surface area contributed by atoms with Crippen molar-refractivity contribution < 1.29 is 4.39 Å². The van der Waals surface area contributed by atoms with Crippen LogP contribution >= 0.6 is 0 Å². The average molecular weight is 327 g/mol. The summed E-state index contributed by atoms with van der Waals surface area (Å²) in [6.45, 7) is 0. The van der Waals surface area contributed by atoms with E-state index in [2.05, 4.69) is 20.4 Å². The molecule has 2 heterocycles. The van der Waals surface area contributed by atoms with E-state index in [0.29, 0.717) is 22.9 Å². The number of fused-ring (bicyclic) bond motifs is 1. The molecular formula is C17H18FN5O. The minimum atomic E-state index is -0.210. The summed E-state index contributed by atoms with van der Waals surface area (Å²) in [5, 5.41) is 7.87. The molecule has 2 aromatic heterocycles. The van der Waals surface area contributed by atoms with Gasteiger partial charge in [-0.25, -0.2) is 4.39 Å². The van der Waals surface area contributed by atoms with Crippen molar-refractivity contribution in [3.8, 4) is 0 Å². The lowest BCUT2D eigenvalue weighted by Gasteiger charge is -2.14. The first-order valence-corrected chi connectivity index (χ1v) is 8.04. The van der Waals surface area contributed by atoms with Gasteiger partial charge in [0.15, 0.2) is 5.65 Å². The standard InChI is InChI=1S/C17H18FN5O/c1-23-15-14(9-19-23)16(24)22-17(21-15)20-13-7-4-11(8-13)10-2-5-12(18)6-3-10/h2-3,5-6,9,11,13H,4,7-8H2,1H3,(H2,20,21,22,24). The minimum Gasteiger partial charge on any atom is -0.353 e. The molecule has 0 spiro atoms. The summed E-state index contributed by atoms with van der Waals surface area (Å²) in [5.41, 5.74) is 1.53. The molecule has 24 heavy (non-hydrogen) atoms. The van der Waals surface area contributed by atoms with Gasteiger partial charge in [-0.1, -0.05) is 12.1 Å². The van der Waals surface area contributed by atoms with Crippen molar-refractivity contribution in [2.45, 2.75) is 31.2 Å². The van der Waals surface area contributed by atoms with Crippen LogP contribution in [-0.2, 0) is 7.05 Å². The maximum absolute atomic E-state index is 13.0. The number of halogens is 1. The zero-order valence-corrected chi connectivity index (χ0v) is 13.3. The number of rotatable bonds is 3. The highest BCUT2D eigenvalue weighted by molar-refractivity contribution is 5.74. The molecule has 0 saturated heterocycles. The predicted molar refractivity (Wildman–Crippen MR) is 89.5 cm³/mol. The van der Waals surface area contributed by atoms with Crippen LogP contribution in [0.5, 0.6) is 0 Å². The topological polar surface area (TPSA) is 75.6 Å². The molecule has 124 valence electrons. The van der Waals surface area contributed by atoms with Crippen molar-refractivity contribution in [1.29, 1.82) is 0 Å². The van der Waals surface area contributed by atoms with Crippen molar-refractivity contribution in [3.63, 3.8) is 0 Å². The minimum absolute atomic E-state index is 0.191. The van der Waals surface area contributed by atoms with Crippen LogP contribution < -0.4 is 10.9 Å². The Kier molecular flexibility index (Phi) is 3.55. The third-order valence-corrected chi connectivity index (χ3v) is 4.72. The molecule has 3 aromatic rings. The largest absolute Gasteiger partial charge is 0.353 e. The smallest absolute Gasteiger partial charge is 0.263 e. The van der Waals surface area contributed by atoms with Crippen LogP contribution in [0.15, 0.2) is 35.3 Å². The van der Waals surface area contributed by atoms with Gasteiger partial charge in [0.05, 0.1) is 6.20 Å². The summed E-state index contributed by atoms with van der Waals surface area (Å²) in [5.74, 6) is 0.661. The van der Waals surface area contributed by atoms with Gasteiger partial charge in [0.25, 0.3) is 5.56 Å². The Morgan fingerprint density at radius 1 is 1.29 bits per heavy atom. The lowest BCUT2D eigenvalue weighted by molar-refractivity contribution is 0.624. The van der Waals surface area contributed by atoms with Crippen LogP contribution in [0.25, 0.3) is 11.0 Å². The summed E-state index contributed by atoms with van der Waals surface area (Å²) in [6.07, 6.45) is 4.46. The molecule has 0 bridgehead atoms. The van der Waals surface area contributed by atoms with Gasteiger partial charge in [0.1, 0.15) is 11.2 Å². The van der Waals surface area contributed by atoms with E-state index in [-0.39, 0.29) is 17.4 Å². The fraction of sp³-hybridized carbons (Fsp3) is 0.353. The Morgan fingerprint density at radius 2 is 2.08 bits per heavy atom. The fourth-order valence-electron chi connectivity index (χ4n) is 3.44. The first-order valence-electron chi connectivity index (χ1n) is 8.04. The van der Waals surface area contributed by atoms with E-state index in [1.807, 2.05) is 12.1 Å². The van der Waals surface area contributed by atoms with Crippen LogP contribution in [0.4, 0.5) is 10.3 Å². The van der Waals surface area contributed by atoms with Gasteiger partial charge in [0.2, 0.25) is 5.95 Å². The van der Waals surface area contributed by atoms with Gasteiger partial charge in [-0.05, 0) is 42.9 Å². The Labute approximate surface area is 137 Å². The molecule has 1 aromatic carbocycles. The summed E-state index contributed by atoms with van der Waals surface area (Å²) >= 11 is 0. The number of nitrogens with zero attached hydrogens (tertiary/aromatic N) is 3. The number of anilines is 1. The Balaban J connectivity index is 1.51. The summed E-state index contributed by atoms with van der Waals surface area (Å²) < 4.78 is 14.6. The Hall–Kier alpha value is -2.70. The van der Waals surface area contributed by atoms with Crippen LogP contribution in [0, 0.1) is 5.82 Å². The van der Waals surface area contributed by atoms with E-state index in [4.69, 9.17) is 0 Å². The van der Waals surface area contributed by atoms with Crippen LogP contribution in [0.2, 0.25) is 0 Å². The molecule has 1 aliphatic carbocycles. The fourth-order valence-corrected chi connectivity index (χ4v) is 3.44. The van der Waals surface area contributed by atoms with E-state index >= 15 is 0 Å². The van der Waals surface area contributed by atoms with Gasteiger partial charge in [0, 0.05) is 13.1 Å². The highest BCUT2D eigenvalue weighted by atomic mass is 19.1. The first-order chi connectivity index (χ1) is 11.6. The lowest BCUT2D eigenvalue weighted by atomic mass is 9.97. The molecule has 0 aliphatic heterocycles. The zero-order chi connectivity index (χ0) is 16.7. The second-order valence-corrected chi connectivity index (χ2v) is 6.32. The van der Waals surface area contributed by atoms with E-state index < -0.39 is 0 Å². The number of H-pyrrole nitrogens is 1. The van der Waals surface area contributed by atoms with Gasteiger partial charge in [-0.3, -0.25) is 14.5 Å². The normalized spacial score (nSPS) is 20.6. The molecule has 4 rings (SSSR count). The molecule has 7 heteroatoms. The van der Waals surface area contributed by atoms with Crippen molar-refractivity contribution in [2.24, 2.45) is 7.05 Å². The van der Waals surface area contributed by atoms with E-state index in [9.17, 15) is 9.18 Å². The maximum atomic E-state index is 13.0. The molecule has 2 atom stereocenters. The average Bonchev–Trinajstić information content (AvgIpc) is 3.16. The summed E-state index contributed by atoms with van der Waals surface area (Å²) in [4.78, 5) is 19.3. The van der Waals surface area contributed by atoms with Crippen molar-refractivity contribution in [2.75, 3.05) is 5.32 Å². The number of hydrogen-bond acceptors (Lipinski definition) is 4. The Bertz CT molecular complexity index is 930. The van der Waals surface area contributed by atoms with E-state index in [0.717, 1.165) is 24.8 Å². The molecular weight excluding hydrogens is 309 g/mol. The molecule has 2 unspecified atom stereocenters. The molecule has 2 N–H and O–H groups in total. The number of nitrogens with one attached hydrogen (secondary N) is 2. The van der Waals surface area contributed by atoms with Gasteiger partial charge in [-0.2, -0.15) is 10.1 Å². The van der Waals surface area contributed by atoms with Crippen LogP contribution in [0.1, 0.15) is 30.7 Å². The Morgan fingerprint density at radius 3 is 2.88 bits per heavy atom. The summed E-state index contributed by atoms with van der Waals surface area (Å²) in [6, 6.07) is 6.94. The van der Waals surface area contributed by atoms with Crippen molar-refractivity contribution in [1.82, 2.24) is 19.7 Å². The zero-order valence-electron chi connectivity index (χ0n) is 13.3. The second-order valence-electron chi connectivity index (χ2n) is 6.32. The lowest BCUT2D eigenvalue weighted by Crippen LogP contribution is -2.20. The molecule has 6 nitrogen and oxygen atoms in total. The molecule has 1 fully saturated rings. The number of benzene rings is 1.